The number of aryl methyl sites for hydroxylation is 1. The lowest BCUT2D eigenvalue weighted by Gasteiger charge is -1.94. The molecule has 0 aliphatic heterocycles. The summed E-state index contributed by atoms with van der Waals surface area (Å²) in [5.74, 6) is 0. The molecule has 2 nitrogen and oxygen atoms in total. The second kappa shape index (κ2) is 6.35. The molecule has 5 heteroatoms. The maximum Gasteiger partial charge on any atom is 0.107 e. The fourth-order valence-corrected chi connectivity index (χ4v) is 2.98. The van der Waals surface area contributed by atoms with Gasteiger partial charge in [-0.2, -0.15) is 0 Å². The van der Waals surface area contributed by atoms with Crippen molar-refractivity contribution in [1.29, 1.82) is 0 Å². The molecule has 0 aliphatic carbocycles. The third-order valence-electron chi connectivity index (χ3n) is 2.07. The summed E-state index contributed by atoms with van der Waals surface area (Å²) in [6.45, 7) is 6.11. The van der Waals surface area contributed by atoms with Crippen molar-refractivity contribution in [2.45, 2.75) is 20.4 Å². The van der Waals surface area contributed by atoms with Gasteiger partial charge in [-0.25, -0.2) is 4.98 Å². The highest BCUT2D eigenvalue weighted by molar-refractivity contribution is 7.16. The zero-order valence-electron chi connectivity index (χ0n) is 9.32. The summed E-state index contributed by atoms with van der Waals surface area (Å²) >= 11 is 3.53. The summed E-state index contributed by atoms with van der Waals surface area (Å²) in [6.07, 6.45) is 0. The SMILES string of the molecule is CCNCc1nc(-c2ccc(C)s2)cs1.Cl. The number of rotatable bonds is 4. The van der Waals surface area contributed by atoms with Crippen molar-refractivity contribution in [3.05, 3.63) is 27.4 Å². The molecular formula is C11H15ClN2S2. The maximum absolute atomic E-state index is 4.60. The van der Waals surface area contributed by atoms with Crippen LogP contribution >= 0.6 is 35.1 Å². The summed E-state index contributed by atoms with van der Waals surface area (Å²) in [5.41, 5.74) is 1.12. The molecule has 2 heterocycles. The van der Waals surface area contributed by atoms with Crippen LogP contribution in [-0.4, -0.2) is 11.5 Å². The summed E-state index contributed by atoms with van der Waals surface area (Å²) in [4.78, 5) is 7.21. The molecule has 0 bridgehead atoms. The maximum atomic E-state index is 4.60. The molecule has 88 valence electrons. The summed E-state index contributed by atoms with van der Waals surface area (Å²) in [6, 6.07) is 4.29. The topological polar surface area (TPSA) is 24.9 Å². The van der Waals surface area contributed by atoms with Gasteiger partial charge in [-0.05, 0) is 25.6 Å². The monoisotopic (exact) mass is 274 g/mol. The first kappa shape index (κ1) is 13.6. The van der Waals surface area contributed by atoms with Gasteiger partial charge in [0, 0.05) is 16.8 Å². The van der Waals surface area contributed by atoms with Crippen molar-refractivity contribution in [3.63, 3.8) is 0 Å². The van der Waals surface area contributed by atoms with Gasteiger partial charge in [0.25, 0.3) is 0 Å². The van der Waals surface area contributed by atoms with Crippen LogP contribution in [-0.2, 0) is 6.54 Å². The van der Waals surface area contributed by atoms with E-state index < -0.39 is 0 Å². The van der Waals surface area contributed by atoms with Crippen LogP contribution in [0.1, 0.15) is 16.8 Å². The van der Waals surface area contributed by atoms with Crippen molar-refractivity contribution in [2.24, 2.45) is 0 Å². The van der Waals surface area contributed by atoms with Crippen LogP contribution in [0.4, 0.5) is 0 Å². The third-order valence-corrected chi connectivity index (χ3v) is 3.94. The number of thiazole rings is 1. The molecule has 0 unspecified atom stereocenters. The molecule has 0 atom stereocenters. The number of thiophene rings is 1. The quantitative estimate of drug-likeness (QED) is 0.919. The normalized spacial score (nSPS) is 10.1. The predicted molar refractivity (Wildman–Crippen MR) is 74.8 cm³/mol. The molecule has 0 spiro atoms. The molecule has 0 saturated carbocycles. The van der Waals surface area contributed by atoms with Gasteiger partial charge < -0.3 is 5.32 Å². The van der Waals surface area contributed by atoms with E-state index in [9.17, 15) is 0 Å². The number of nitrogens with one attached hydrogen (secondary N) is 1. The lowest BCUT2D eigenvalue weighted by Crippen LogP contribution is -2.11. The van der Waals surface area contributed by atoms with Crippen molar-refractivity contribution < 1.29 is 0 Å². The van der Waals surface area contributed by atoms with Crippen molar-refractivity contribution in [1.82, 2.24) is 10.3 Å². The lowest BCUT2D eigenvalue weighted by molar-refractivity contribution is 0.723. The molecule has 0 fully saturated rings. The van der Waals surface area contributed by atoms with Crippen LogP contribution in [0.15, 0.2) is 17.5 Å². The highest BCUT2D eigenvalue weighted by atomic mass is 35.5. The van der Waals surface area contributed by atoms with E-state index in [-0.39, 0.29) is 12.4 Å². The summed E-state index contributed by atoms with van der Waals surface area (Å²) < 4.78 is 0. The molecule has 2 aromatic heterocycles. The van der Waals surface area contributed by atoms with Gasteiger partial charge in [0.2, 0.25) is 0 Å². The molecule has 16 heavy (non-hydrogen) atoms. The average molecular weight is 275 g/mol. The predicted octanol–water partition coefficient (Wildman–Crippen LogP) is 3.71. The highest BCUT2D eigenvalue weighted by Crippen LogP contribution is 2.28. The molecule has 0 saturated heterocycles. The van der Waals surface area contributed by atoms with E-state index in [1.165, 1.54) is 9.75 Å². The van der Waals surface area contributed by atoms with Gasteiger partial charge in [-0.3, -0.25) is 0 Å². The minimum Gasteiger partial charge on any atom is -0.311 e. The highest BCUT2D eigenvalue weighted by Gasteiger charge is 2.05. The molecule has 0 aliphatic rings. The van der Waals surface area contributed by atoms with Gasteiger partial charge in [0.05, 0.1) is 10.6 Å². The number of nitrogens with zero attached hydrogens (tertiary/aromatic N) is 1. The Balaban J connectivity index is 0.00000128. The number of aromatic nitrogens is 1. The van der Waals surface area contributed by atoms with E-state index in [0.717, 1.165) is 23.8 Å². The van der Waals surface area contributed by atoms with Crippen LogP contribution in [0, 0.1) is 6.92 Å². The van der Waals surface area contributed by atoms with Crippen LogP contribution in [0.2, 0.25) is 0 Å². The van der Waals surface area contributed by atoms with E-state index in [1.54, 1.807) is 22.7 Å². The van der Waals surface area contributed by atoms with Gasteiger partial charge in [0.1, 0.15) is 5.01 Å². The average Bonchev–Trinajstić information content (AvgIpc) is 2.83. The second-order valence-electron chi connectivity index (χ2n) is 3.32. The van der Waals surface area contributed by atoms with Gasteiger partial charge in [-0.15, -0.1) is 35.1 Å². The Morgan fingerprint density at radius 1 is 1.38 bits per heavy atom. The zero-order chi connectivity index (χ0) is 10.7. The number of hydrogen-bond acceptors (Lipinski definition) is 4. The van der Waals surface area contributed by atoms with E-state index in [2.05, 4.69) is 41.7 Å². The number of hydrogen-bond donors (Lipinski definition) is 1. The fraction of sp³-hybridized carbons (Fsp3) is 0.364. The van der Waals surface area contributed by atoms with E-state index in [1.807, 2.05) is 0 Å². The Bertz CT molecular complexity index is 437. The Hall–Kier alpha value is -0.420. The van der Waals surface area contributed by atoms with Crippen molar-refractivity contribution in [2.75, 3.05) is 6.54 Å². The molecule has 0 aromatic carbocycles. The Kier molecular flexibility index (Phi) is 5.41. The van der Waals surface area contributed by atoms with Gasteiger partial charge in [-0.1, -0.05) is 6.92 Å². The summed E-state index contributed by atoms with van der Waals surface area (Å²) in [5, 5.41) is 6.59. The Labute approximate surface area is 110 Å². The first-order valence-electron chi connectivity index (χ1n) is 5.01. The Morgan fingerprint density at radius 3 is 2.81 bits per heavy atom. The van der Waals surface area contributed by atoms with Crippen LogP contribution in [0.3, 0.4) is 0 Å². The molecule has 2 rings (SSSR count). The fourth-order valence-electron chi connectivity index (χ4n) is 1.31. The van der Waals surface area contributed by atoms with Crippen molar-refractivity contribution >= 4 is 35.1 Å². The van der Waals surface area contributed by atoms with Crippen LogP contribution < -0.4 is 5.32 Å². The minimum atomic E-state index is 0. The minimum absolute atomic E-state index is 0. The molecule has 0 radical (unpaired) electrons. The van der Waals surface area contributed by atoms with Gasteiger partial charge in [0.15, 0.2) is 0 Å². The van der Waals surface area contributed by atoms with Crippen molar-refractivity contribution in [3.8, 4) is 10.6 Å². The number of halogens is 1. The molecular weight excluding hydrogens is 260 g/mol. The smallest absolute Gasteiger partial charge is 0.107 e. The first-order valence-corrected chi connectivity index (χ1v) is 6.71. The zero-order valence-corrected chi connectivity index (χ0v) is 11.8. The largest absolute Gasteiger partial charge is 0.311 e. The van der Waals surface area contributed by atoms with E-state index in [4.69, 9.17) is 0 Å². The van der Waals surface area contributed by atoms with E-state index >= 15 is 0 Å². The van der Waals surface area contributed by atoms with E-state index in [0.29, 0.717) is 0 Å². The van der Waals surface area contributed by atoms with Gasteiger partial charge >= 0.3 is 0 Å². The third kappa shape index (κ3) is 3.28. The molecule has 2 aromatic rings. The lowest BCUT2D eigenvalue weighted by atomic mass is 10.4. The Morgan fingerprint density at radius 2 is 2.19 bits per heavy atom. The first-order chi connectivity index (χ1) is 7.29. The molecule has 1 N–H and O–H groups in total. The standard InChI is InChI=1S/C11H14N2S2.ClH/c1-3-12-6-11-13-9(7-14-11)10-5-4-8(2)15-10;/h4-5,7,12H,3,6H2,1-2H3;1H. The van der Waals surface area contributed by atoms with Crippen LogP contribution in [0.5, 0.6) is 0 Å². The second-order valence-corrected chi connectivity index (χ2v) is 5.55. The van der Waals surface area contributed by atoms with Crippen LogP contribution in [0.25, 0.3) is 10.6 Å². The summed E-state index contributed by atoms with van der Waals surface area (Å²) in [7, 11) is 0. The molecule has 0 amide bonds.